The number of benzene rings is 3. The number of aromatic nitrogens is 1. The Morgan fingerprint density at radius 2 is 1.67 bits per heavy atom. The summed E-state index contributed by atoms with van der Waals surface area (Å²) >= 11 is 12.6. The van der Waals surface area contributed by atoms with E-state index in [1.807, 2.05) is 31.2 Å². The predicted molar refractivity (Wildman–Crippen MR) is 128 cm³/mol. The number of nitriles is 1. The number of nitrogens with one attached hydrogen (secondary N) is 1. The summed E-state index contributed by atoms with van der Waals surface area (Å²) in [6, 6.07) is 20.5. The third-order valence-electron chi connectivity index (χ3n) is 5.14. The highest BCUT2D eigenvalue weighted by molar-refractivity contribution is 6.36. The third-order valence-corrected chi connectivity index (χ3v) is 5.68. The summed E-state index contributed by atoms with van der Waals surface area (Å²) in [5.41, 5.74) is 4.73. The van der Waals surface area contributed by atoms with Crippen LogP contribution in [-0.4, -0.2) is 4.98 Å². The molecule has 1 heterocycles. The molecule has 4 aromatic rings. The molecule has 1 aromatic heterocycles. The number of rotatable bonds is 5. The minimum atomic E-state index is -0.939. The van der Waals surface area contributed by atoms with Crippen molar-refractivity contribution in [2.75, 3.05) is 5.32 Å². The van der Waals surface area contributed by atoms with E-state index in [4.69, 9.17) is 28.2 Å². The molecule has 0 radical (unpaired) electrons. The van der Waals surface area contributed by atoms with Crippen LogP contribution in [0.25, 0.3) is 22.4 Å². The fourth-order valence-electron chi connectivity index (χ4n) is 3.41. The van der Waals surface area contributed by atoms with Crippen molar-refractivity contribution in [3.8, 4) is 28.5 Å². The molecule has 0 saturated carbocycles. The van der Waals surface area contributed by atoms with Crippen molar-refractivity contribution in [1.29, 1.82) is 5.26 Å². The Hall–Kier alpha value is -3.46. The van der Waals surface area contributed by atoms with Crippen LogP contribution in [0.3, 0.4) is 0 Å². The first-order valence-corrected chi connectivity index (χ1v) is 10.8. The Balaban J connectivity index is 1.83. The third kappa shape index (κ3) is 4.98. The van der Waals surface area contributed by atoms with Crippen molar-refractivity contribution >= 4 is 29.0 Å². The van der Waals surface area contributed by atoms with E-state index in [1.54, 1.807) is 24.3 Å². The quantitative estimate of drug-likeness (QED) is 0.317. The average molecular weight is 480 g/mol. The highest BCUT2D eigenvalue weighted by Gasteiger charge is 2.17. The predicted octanol–water partition coefficient (Wildman–Crippen LogP) is 7.79. The molecule has 0 unspecified atom stereocenters. The van der Waals surface area contributed by atoms with Crippen LogP contribution in [-0.2, 0) is 6.54 Å². The van der Waals surface area contributed by atoms with Gasteiger partial charge in [0, 0.05) is 22.7 Å². The first-order valence-electron chi connectivity index (χ1n) is 10.0. The average Bonchev–Trinajstić information content (AvgIpc) is 2.80. The molecule has 0 aliphatic heterocycles. The van der Waals surface area contributed by atoms with Crippen LogP contribution in [0.4, 0.5) is 14.6 Å². The molecule has 0 fully saturated rings. The van der Waals surface area contributed by atoms with Crippen molar-refractivity contribution in [3.05, 3.63) is 105 Å². The molecule has 0 spiro atoms. The van der Waals surface area contributed by atoms with Crippen LogP contribution in [0, 0.1) is 29.9 Å². The molecule has 1 N–H and O–H groups in total. The van der Waals surface area contributed by atoms with E-state index in [0.29, 0.717) is 38.2 Å². The van der Waals surface area contributed by atoms with Crippen LogP contribution in [0.5, 0.6) is 0 Å². The SMILES string of the molecule is Cc1ccc(-c2cc(C#N)c(NCc3ccc(F)c(F)c3)nc2-c2ccc(Cl)cc2Cl)cc1. The van der Waals surface area contributed by atoms with Gasteiger partial charge >= 0.3 is 0 Å². The Morgan fingerprint density at radius 3 is 2.33 bits per heavy atom. The summed E-state index contributed by atoms with van der Waals surface area (Å²) in [6.07, 6.45) is 0. The van der Waals surface area contributed by atoms with E-state index in [1.165, 1.54) is 6.07 Å². The van der Waals surface area contributed by atoms with Crippen LogP contribution in [0.15, 0.2) is 66.7 Å². The van der Waals surface area contributed by atoms with Gasteiger partial charge in [0.15, 0.2) is 11.6 Å². The molecule has 3 nitrogen and oxygen atoms in total. The van der Waals surface area contributed by atoms with E-state index >= 15 is 0 Å². The normalized spacial score (nSPS) is 10.7. The van der Waals surface area contributed by atoms with Crippen LogP contribution in [0.2, 0.25) is 10.0 Å². The van der Waals surface area contributed by atoms with Crippen LogP contribution < -0.4 is 5.32 Å². The van der Waals surface area contributed by atoms with E-state index in [2.05, 4.69) is 11.4 Å². The smallest absolute Gasteiger partial charge is 0.159 e. The molecule has 0 saturated heterocycles. The Labute approximate surface area is 200 Å². The summed E-state index contributed by atoms with van der Waals surface area (Å²) in [4.78, 5) is 4.73. The molecule has 0 amide bonds. The topological polar surface area (TPSA) is 48.7 Å². The van der Waals surface area contributed by atoms with E-state index < -0.39 is 11.6 Å². The maximum absolute atomic E-state index is 13.6. The van der Waals surface area contributed by atoms with Crippen molar-refractivity contribution < 1.29 is 8.78 Å². The maximum atomic E-state index is 13.6. The highest BCUT2D eigenvalue weighted by atomic mass is 35.5. The van der Waals surface area contributed by atoms with Crippen LogP contribution >= 0.6 is 23.2 Å². The summed E-state index contributed by atoms with van der Waals surface area (Å²) in [7, 11) is 0. The molecule has 3 aromatic carbocycles. The summed E-state index contributed by atoms with van der Waals surface area (Å²) in [5, 5.41) is 13.8. The van der Waals surface area contributed by atoms with E-state index in [0.717, 1.165) is 28.8 Å². The Bertz CT molecular complexity index is 1380. The number of hydrogen-bond acceptors (Lipinski definition) is 3. The van der Waals surface area contributed by atoms with Gasteiger partial charge in [-0.3, -0.25) is 0 Å². The summed E-state index contributed by atoms with van der Waals surface area (Å²) in [6.45, 7) is 2.14. The van der Waals surface area contributed by atoms with Crippen molar-refractivity contribution in [2.24, 2.45) is 0 Å². The molecular formula is C26H17Cl2F2N3. The molecule has 164 valence electrons. The van der Waals surface area contributed by atoms with Crippen molar-refractivity contribution in [2.45, 2.75) is 13.5 Å². The van der Waals surface area contributed by atoms with E-state index in [9.17, 15) is 14.0 Å². The molecular weight excluding hydrogens is 463 g/mol. The first-order chi connectivity index (χ1) is 15.9. The number of nitrogens with zero attached hydrogens (tertiary/aromatic N) is 2. The fraction of sp³-hybridized carbons (Fsp3) is 0.0769. The van der Waals surface area contributed by atoms with Crippen molar-refractivity contribution in [3.63, 3.8) is 0 Å². The van der Waals surface area contributed by atoms with Gasteiger partial charge in [-0.2, -0.15) is 5.26 Å². The lowest BCUT2D eigenvalue weighted by molar-refractivity contribution is 0.507. The number of aryl methyl sites for hydroxylation is 1. The highest BCUT2D eigenvalue weighted by Crippen LogP contribution is 2.38. The van der Waals surface area contributed by atoms with Gasteiger partial charge in [0.05, 0.1) is 16.3 Å². The zero-order valence-electron chi connectivity index (χ0n) is 17.5. The van der Waals surface area contributed by atoms with Gasteiger partial charge in [0.2, 0.25) is 0 Å². The Kier molecular flexibility index (Phi) is 6.60. The second-order valence-corrected chi connectivity index (χ2v) is 8.33. The largest absolute Gasteiger partial charge is 0.365 e. The van der Waals surface area contributed by atoms with Gasteiger partial charge in [0.1, 0.15) is 11.9 Å². The number of anilines is 1. The monoisotopic (exact) mass is 479 g/mol. The lowest BCUT2D eigenvalue weighted by Crippen LogP contribution is -2.06. The van der Waals surface area contributed by atoms with Crippen molar-refractivity contribution in [1.82, 2.24) is 4.98 Å². The van der Waals surface area contributed by atoms with Gasteiger partial charge < -0.3 is 5.32 Å². The second-order valence-electron chi connectivity index (χ2n) is 7.48. The van der Waals surface area contributed by atoms with Crippen LogP contribution in [0.1, 0.15) is 16.7 Å². The van der Waals surface area contributed by atoms with Gasteiger partial charge in [-0.1, -0.05) is 59.1 Å². The number of hydrogen-bond donors (Lipinski definition) is 1. The molecule has 0 aliphatic rings. The molecule has 0 aliphatic carbocycles. The van der Waals surface area contributed by atoms with Gasteiger partial charge in [-0.05, 0) is 54.4 Å². The zero-order valence-corrected chi connectivity index (χ0v) is 19.0. The zero-order chi connectivity index (χ0) is 23.5. The summed E-state index contributed by atoms with van der Waals surface area (Å²) in [5.74, 6) is -1.55. The molecule has 4 rings (SSSR count). The molecule has 33 heavy (non-hydrogen) atoms. The minimum Gasteiger partial charge on any atom is -0.365 e. The molecule has 0 bridgehead atoms. The van der Waals surface area contributed by atoms with Gasteiger partial charge in [-0.25, -0.2) is 13.8 Å². The standard InChI is InChI=1S/C26H17Cl2F2N3/c1-15-2-5-17(6-3-15)21-11-18(13-31)26(32-14-16-4-9-23(29)24(30)10-16)33-25(21)20-8-7-19(27)12-22(20)28/h2-12H,14H2,1H3,(H,32,33). The van der Waals surface area contributed by atoms with Gasteiger partial charge in [0.25, 0.3) is 0 Å². The lowest BCUT2D eigenvalue weighted by Gasteiger charge is -2.16. The lowest BCUT2D eigenvalue weighted by atomic mass is 9.97. The number of pyridine rings is 1. The minimum absolute atomic E-state index is 0.149. The van der Waals surface area contributed by atoms with E-state index in [-0.39, 0.29) is 6.54 Å². The first kappa shape index (κ1) is 22.7. The second kappa shape index (κ2) is 9.58. The molecule has 7 heteroatoms. The van der Waals surface area contributed by atoms with Gasteiger partial charge in [-0.15, -0.1) is 0 Å². The molecule has 0 atom stereocenters. The summed E-state index contributed by atoms with van der Waals surface area (Å²) < 4.78 is 26.8. The maximum Gasteiger partial charge on any atom is 0.159 e. The fourth-order valence-corrected chi connectivity index (χ4v) is 3.91. The Morgan fingerprint density at radius 1 is 0.909 bits per heavy atom. The number of halogens is 4.